The van der Waals surface area contributed by atoms with Gasteiger partial charge in [0.1, 0.15) is 5.75 Å². The van der Waals surface area contributed by atoms with Gasteiger partial charge in [0.2, 0.25) is 0 Å². The van der Waals surface area contributed by atoms with E-state index in [9.17, 15) is 9.90 Å². The molecule has 0 unspecified atom stereocenters. The van der Waals surface area contributed by atoms with Crippen LogP contribution in [0.5, 0.6) is 5.75 Å². The standard InChI is InChI=1S/C14H17N3O2/c15-7-10-17-8-5-12(6-9-17)16-14(19)11-1-3-13(18)4-2-11/h1-4,12,18H,5-6,8-10H2,(H,16,19). The lowest BCUT2D eigenvalue weighted by Crippen LogP contribution is -2.44. The predicted molar refractivity (Wildman–Crippen MR) is 70.6 cm³/mol. The van der Waals surface area contributed by atoms with Gasteiger partial charge in [0.05, 0.1) is 12.6 Å². The van der Waals surface area contributed by atoms with E-state index in [2.05, 4.69) is 16.3 Å². The number of nitrogens with one attached hydrogen (secondary N) is 1. The van der Waals surface area contributed by atoms with Crippen molar-refractivity contribution in [3.63, 3.8) is 0 Å². The number of carbonyl (C=O) groups excluding carboxylic acids is 1. The third kappa shape index (κ3) is 3.70. The zero-order valence-corrected chi connectivity index (χ0v) is 10.7. The van der Waals surface area contributed by atoms with E-state index in [1.54, 1.807) is 12.1 Å². The van der Waals surface area contributed by atoms with Crippen molar-refractivity contribution in [3.05, 3.63) is 29.8 Å². The highest BCUT2D eigenvalue weighted by Crippen LogP contribution is 2.12. The van der Waals surface area contributed by atoms with E-state index < -0.39 is 0 Å². The summed E-state index contributed by atoms with van der Waals surface area (Å²) in [5.74, 6) is 0.0418. The second kappa shape index (κ2) is 6.21. The van der Waals surface area contributed by atoms with Crippen LogP contribution >= 0.6 is 0 Å². The van der Waals surface area contributed by atoms with Gasteiger partial charge in [0.15, 0.2) is 0 Å². The Kier molecular flexibility index (Phi) is 4.37. The van der Waals surface area contributed by atoms with Gasteiger partial charge >= 0.3 is 0 Å². The molecule has 2 rings (SSSR count). The lowest BCUT2D eigenvalue weighted by atomic mass is 10.0. The molecule has 100 valence electrons. The maximum Gasteiger partial charge on any atom is 0.251 e. The van der Waals surface area contributed by atoms with Gasteiger partial charge in [-0.2, -0.15) is 5.26 Å². The van der Waals surface area contributed by atoms with Crippen LogP contribution in [0.1, 0.15) is 23.2 Å². The quantitative estimate of drug-likeness (QED) is 0.797. The van der Waals surface area contributed by atoms with Crippen molar-refractivity contribution in [3.8, 4) is 11.8 Å². The van der Waals surface area contributed by atoms with Gasteiger partial charge in [-0.05, 0) is 37.1 Å². The van der Waals surface area contributed by atoms with Gasteiger partial charge in [-0.1, -0.05) is 0 Å². The van der Waals surface area contributed by atoms with Crippen molar-refractivity contribution in [2.24, 2.45) is 0 Å². The number of piperidine rings is 1. The average Bonchev–Trinajstić information content (AvgIpc) is 2.42. The van der Waals surface area contributed by atoms with Gasteiger partial charge in [0, 0.05) is 24.7 Å². The number of carbonyl (C=O) groups is 1. The Bertz CT molecular complexity index is 470. The number of phenolic OH excluding ortho intramolecular Hbond substituents is 1. The number of phenols is 1. The van der Waals surface area contributed by atoms with Crippen LogP contribution in [0.15, 0.2) is 24.3 Å². The molecule has 1 aliphatic rings. The number of hydrogen-bond donors (Lipinski definition) is 2. The summed E-state index contributed by atoms with van der Waals surface area (Å²) in [6.07, 6.45) is 1.73. The highest BCUT2D eigenvalue weighted by atomic mass is 16.3. The minimum atomic E-state index is -0.112. The van der Waals surface area contributed by atoms with E-state index in [-0.39, 0.29) is 17.7 Å². The highest BCUT2D eigenvalue weighted by Gasteiger charge is 2.20. The molecule has 5 nitrogen and oxygen atoms in total. The van der Waals surface area contributed by atoms with Crippen LogP contribution in [0.25, 0.3) is 0 Å². The fourth-order valence-electron chi connectivity index (χ4n) is 2.22. The van der Waals surface area contributed by atoms with E-state index in [4.69, 9.17) is 5.26 Å². The van der Waals surface area contributed by atoms with E-state index in [0.29, 0.717) is 12.1 Å². The summed E-state index contributed by atoms with van der Waals surface area (Å²) < 4.78 is 0. The molecular weight excluding hydrogens is 242 g/mol. The third-order valence-electron chi connectivity index (χ3n) is 3.35. The minimum absolute atomic E-state index is 0.112. The van der Waals surface area contributed by atoms with Gasteiger partial charge in [0.25, 0.3) is 5.91 Å². The minimum Gasteiger partial charge on any atom is -0.508 e. The molecule has 1 aromatic rings. The Balaban J connectivity index is 1.84. The van der Waals surface area contributed by atoms with Gasteiger partial charge in [-0.25, -0.2) is 0 Å². The van der Waals surface area contributed by atoms with E-state index in [0.717, 1.165) is 25.9 Å². The molecular formula is C14H17N3O2. The summed E-state index contributed by atoms with van der Waals surface area (Å²) in [6, 6.07) is 8.52. The molecule has 0 aromatic heterocycles. The van der Waals surface area contributed by atoms with Crippen molar-refractivity contribution in [1.82, 2.24) is 10.2 Å². The van der Waals surface area contributed by atoms with Crippen LogP contribution in [-0.2, 0) is 0 Å². The first-order valence-corrected chi connectivity index (χ1v) is 6.38. The number of benzene rings is 1. The molecule has 0 radical (unpaired) electrons. The Labute approximate surface area is 112 Å². The maximum absolute atomic E-state index is 12.0. The summed E-state index contributed by atoms with van der Waals surface area (Å²) in [5.41, 5.74) is 0.553. The molecule has 1 heterocycles. The molecule has 0 saturated carbocycles. The van der Waals surface area contributed by atoms with Crippen molar-refractivity contribution in [2.75, 3.05) is 19.6 Å². The van der Waals surface area contributed by atoms with E-state index in [1.807, 2.05) is 0 Å². The lowest BCUT2D eigenvalue weighted by molar-refractivity contribution is 0.0914. The van der Waals surface area contributed by atoms with Crippen LogP contribution in [0, 0.1) is 11.3 Å². The number of hydrogen-bond acceptors (Lipinski definition) is 4. The summed E-state index contributed by atoms with van der Waals surface area (Å²) in [6.45, 7) is 2.14. The SMILES string of the molecule is N#CCN1CCC(NC(=O)c2ccc(O)cc2)CC1. The first-order chi connectivity index (χ1) is 9.19. The molecule has 0 atom stereocenters. The van der Waals surface area contributed by atoms with Crippen LogP contribution < -0.4 is 5.32 Å². The van der Waals surface area contributed by atoms with Gasteiger partial charge in [-0.3, -0.25) is 9.69 Å². The van der Waals surface area contributed by atoms with Gasteiger partial charge < -0.3 is 10.4 Å². The lowest BCUT2D eigenvalue weighted by Gasteiger charge is -2.30. The number of nitrogens with zero attached hydrogens (tertiary/aromatic N) is 2. The second-order valence-corrected chi connectivity index (χ2v) is 4.73. The molecule has 0 spiro atoms. The molecule has 5 heteroatoms. The first kappa shape index (κ1) is 13.4. The normalized spacial score (nSPS) is 16.8. The Hall–Kier alpha value is -2.06. The third-order valence-corrected chi connectivity index (χ3v) is 3.35. The van der Waals surface area contributed by atoms with Gasteiger partial charge in [-0.15, -0.1) is 0 Å². The fourth-order valence-corrected chi connectivity index (χ4v) is 2.22. The van der Waals surface area contributed by atoms with Crippen molar-refractivity contribution >= 4 is 5.91 Å². The smallest absolute Gasteiger partial charge is 0.251 e. The largest absolute Gasteiger partial charge is 0.508 e. The van der Waals surface area contributed by atoms with Crippen LogP contribution in [0.3, 0.4) is 0 Å². The maximum atomic E-state index is 12.0. The predicted octanol–water partition coefficient (Wildman–Crippen LogP) is 1.11. The summed E-state index contributed by atoms with van der Waals surface area (Å²) >= 11 is 0. The molecule has 0 bridgehead atoms. The summed E-state index contributed by atoms with van der Waals surface area (Å²) in [7, 11) is 0. The highest BCUT2D eigenvalue weighted by molar-refractivity contribution is 5.94. The Morgan fingerprint density at radius 1 is 1.37 bits per heavy atom. The second-order valence-electron chi connectivity index (χ2n) is 4.73. The number of amides is 1. The van der Waals surface area contributed by atoms with Crippen molar-refractivity contribution < 1.29 is 9.90 Å². The van der Waals surface area contributed by atoms with E-state index >= 15 is 0 Å². The topological polar surface area (TPSA) is 76.4 Å². The van der Waals surface area contributed by atoms with Crippen LogP contribution in [0.2, 0.25) is 0 Å². The first-order valence-electron chi connectivity index (χ1n) is 6.38. The molecule has 0 aliphatic carbocycles. The zero-order valence-electron chi connectivity index (χ0n) is 10.7. The summed E-state index contributed by atoms with van der Waals surface area (Å²) in [5, 5.41) is 20.8. The number of aromatic hydroxyl groups is 1. The number of rotatable bonds is 3. The van der Waals surface area contributed by atoms with Crippen molar-refractivity contribution in [1.29, 1.82) is 5.26 Å². The molecule has 1 amide bonds. The Morgan fingerprint density at radius 3 is 2.58 bits per heavy atom. The zero-order chi connectivity index (χ0) is 13.7. The van der Waals surface area contributed by atoms with Crippen LogP contribution in [-0.4, -0.2) is 41.6 Å². The molecule has 1 aromatic carbocycles. The number of nitriles is 1. The van der Waals surface area contributed by atoms with Crippen LogP contribution in [0.4, 0.5) is 0 Å². The monoisotopic (exact) mass is 259 g/mol. The summed E-state index contributed by atoms with van der Waals surface area (Å²) in [4.78, 5) is 14.1. The molecule has 19 heavy (non-hydrogen) atoms. The molecule has 1 aliphatic heterocycles. The Morgan fingerprint density at radius 2 is 2.00 bits per heavy atom. The number of likely N-dealkylation sites (tertiary alicyclic amines) is 1. The average molecular weight is 259 g/mol. The molecule has 2 N–H and O–H groups in total. The molecule has 1 fully saturated rings. The van der Waals surface area contributed by atoms with Crippen molar-refractivity contribution in [2.45, 2.75) is 18.9 Å². The molecule has 1 saturated heterocycles. The fraction of sp³-hybridized carbons (Fsp3) is 0.429. The van der Waals surface area contributed by atoms with E-state index in [1.165, 1.54) is 12.1 Å².